The van der Waals surface area contributed by atoms with Crippen LogP contribution < -0.4 is 24.4 Å². The third-order valence-corrected chi connectivity index (χ3v) is 5.14. The third-order valence-electron chi connectivity index (χ3n) is 5.14. The number of amides is 2. The minimum atomic E-state index is -0.533. The fraction of sp³-hybridized carbons (Fsp3) is 0.167. The van der Waals surface area contributed by atoms with Crippen molar-refractivity contribution in [3.63, 3.8) is 0 Å². The number of hydrogen-bond donors (Lipinski definition) is 1. The summed E-state index contributed by atoms with van der Waals surface area (Å²) in [6, 6.07) is 17.4. The van der Waals surface area contributed by atoms with Crippen molar-refractivity contribution in [1.29, 1.82) is 0 Å². The van der Waals surface area contributed by atoms with Gasteiger partial charge in [0.25, 0.3) is 17.5 Å². The van der Waals surface area contributed by atoms with E-state index >= 15 is 0 Å². The smallest absolute Gasteiger partial charge is 0.269 e. The van der Waals surface area contributed by atoms with Crippen molar-refractivity contribution >= 4 is 28.9 Å². The number of ether oxygens (including phenoxy) is 3. The molecule has 1 aliphatic heterocycles. The van der Waals surface area contributed by atoms with Crippen LogP contribution in [0.4, 0.5) is 17.1 Å². The quantitative estimate of drug-likeness (QED) is 0.400. The molecule has 174 valence electrons. The molecule has 1 heterocycles. The number of methoxy groups -OCH3 is 1. The predicted octanol–water partition coefficient (Wildman–Crippen LogP) is 3.66. The molecule has 10 heteroatoms. The number of nitro benzene ring substituents is 1. The Kier molecular flexibility index (Phi) is 6.58. The number of carbonyl (C=O) groups is 2. The first kappa shape index (κ1) is 22.6. The summed E-state index contributed by atoms with van der Waals surface area (Å²) in [6.45, 7) is 0.432. The number of rotatable bonds is 8. The van der Waals surface area contributed by atoms with Gasteiger partial charge < -0.3 is 24.4 Å². The second kappa shape index (κ2) is 9.90. The van der Waals surface area contributed by atoms with Gasteiger partial charge in [0.2, 0.25) is 0 Å². The van der Waals surface area contributed by atoms with Gasteiger partial charge in [0, 0.05) is 23.4 Å². The summed E-state index contributed by atoms with van der Waals surface area (Å²) < 4.78 is 16.4. The molecule has 3 aromatic carbocycles. The fourth-order valence-corrected chi connectivity index (χ4v) is 3.39. The van der Waals surface area contributed by atoms with Crippen LogP contribution in [0.5, 0.6) is 17.2 Å². The van der Waals surface area contributed by atoms with Crippen molar-refractivity contribution in [3.05, 3.63) is 82.4 Å². The highest BCUT2D eigenvalue weighted by molar-refractivity contribution is 6.05. The molecular weight excluding hydrogens is 442 g/mol. The van der Waals surface area contributed by atoms with Gasteiger partial charge in [0.05, 0.1) is 24.3 Å². The summed E-state index contributed by atoms with van der Waals surface area (Å²) in [5, 5.41) is 13.5. The minimum absolute atomic E-state index is 0.0932. The lowest BCUT2D eigenvalue weighted by Crippen LogP contribution is -2.41. The highest BCUT2D eigenvalue weighted by Gasteiger charge is 2.26. The van der Waals surface area contributed by atoms with E-state index in [-0.39, 0.29) is 36.9 Å². The van der Waals surface area contributed by atoms with Crippen LogP contribution in [0.3, 0.4) is 0 Å². The zero-order chi connectivity index (χ0) is 24.1. The molecule has 0 aromatic heterocycles. The highest BCUT2D eigenvalue weighted by atomic mass is 16.6. The molecular formula is C24H21N3O7. The molecule has 34 heavy (non-hydrogen) atoms. The number of nitro groups is 1. The van der Waals surface area contributed by atoms with E-state index in [0.717, 1.165) is 0 Å². The van der Waals surface area contributed by atoms with Crippen LogP contribution in [0, 0.1) is 10.1 Å². The van der Waals surface area contributed by atoms with E-state index in [1.165, 1.54) is 24.3 Å². The standard InChI is InChI=1S/C24H21N3O7/c1-32-19-7-9-20(10-8-19)33-13-12-26-21-14-17(4-11-22(21)34-15-23(26)28)25-24(29)16-2-5-18(6-3-16)27(30)31/h2-11,14H,12-13,15H2,1H3,(H,25,29). The second-order valence-corrected chi connectivity index (χ2v) is 7.30. The molecule has 0 aliphatic carbocycles. The Bertz CT molecular complexity index is 1210. The number of anilines is 2. The number of nitrogens with zero attached hydrogens (tertiary/aromatic N) is 2. The Hall–Kier alpha value is -4.60. The molecule has 4 rings (SSSR count). The van der Waals surface area contributed by atoms with Crippen LogP contribution >= 0.6 is 0 Å². The predicted molar refractivity (Wildman–Crippen MR) is 124 cm³/mol. The molecule has 0 spiro atoms. The first-order chi connectivity index (χ1) is 16.4. The van der Waals surface area contributed by atoms with Gasteiger partial charge >= 0.3 is 0 Å². The number of fused-ring (bicyclic) bond motifs is 1. The molecule has 0 saturated heterocycles. The van der Waals surface area contributed by atoms with Gasteiger partial charge in [-0.25, -0.2) is 0 Å². The van der Waals surface area contributed by atoms with Gasteiger partial charge in [0.1, 0.15) is 23.9 Å². The summed E-state index contributed by atoms with van der Waals surface area (Å²) >= 11 is 0. The van der Waals surface area contributed by atoms with Gasteiger partial charge in [-0.2, -0.15) is 0 Å². The maximum absolute atomic E-state index is 12.6. The summed E-state index contributed by atoms with van der Waals surface area (Å²) in [5.74, 6) is 1.20. The molecule has 2 amide bonds. The van der Waals surface area contributed by atoms with Crippen molar-refractivity contribution < 1.29 is 28.7 Å². The molecule has 0 radical (unpaired) electrons. The molecule has 0 unspecified atom stereocenters. The van der Waals surface area contributed by atoms with Gasteiger partial charge in [-0.3, -0.25) is 19.7 Å². The van der Waals surface area contributed by atoms with Crippen molar-refractivity contribution in [2.75, 3.05) is 37.1 Å². The number of non-ortho nitro benzene ring substituents is 1. The van der Waals surface area contributed by atoms with Crippen LogP contribution in [0.25, 0.3) is 0 Å². The maximum Gasteiger partial charge on any atom is 0.269 e. The third kappa shape index (κ3) is 5.07. The van der Waals surface area contributed by atoms with Crippen LogP contribution in [0.1, 0.15) is 10.4 Å². The van der Waals surface area contributed by atoms with Crippen LogP contribution in [-0.4, -0.2) is 43.6 Å². The largest absolute Gasteiger partial charge is 0.497 e. The second-order valence-electron chi connectivity index (χ2n) is 7.30. The average Bonchev–Trinajstić information content (AvgIpc) is 2.86. The van der Waals surface area contributed by atoms with Crippen LogP contribution in [0.2, 0.25) is 0 Å². The number of carbonyl (C=O) groups excluding carboxylic acids is 2. The van der Waals surface area contributed by atoms with Crippen LogP contribution in [-0.2, 0) is 4.79 Å². The molecule has 0 atom stereocenters. The fourth-order valence-electron chi connectivity index (χ4n) is 3.39. The van der Waals surface area contributed by atoms with E-state index < -0.39 is 10.8 Å². The molecule has 10 nitrogen and oxygen atoms in total. The zero-order valence-corrected chi connectivity index (χ0v) is 18.2. The summed E-state index contributed by atoms with van der Waals surface area (Å²) in [5.41, 5.74) is 1.12. The van der Waals surface area contributed by atoms with E-state index in [9.17, 15) is 19.7 Å². The van der Waals surface area contributed by atoms with Crippen LogP contribution in [0.15, 0.2) is 66.7 Å². The molecule has 1 N–H and O–H groups in total. The lowest BCUT2D eigenvalue weighted by atomic mass is 10.1. The van der Waals surface area contributed by atoms with Gasteiger partial charge in [-0.05, 0) is 54.6 Å². The Morgan fingerprint density at radius 2 is 1.79 bits per heavy atom. The number of hydrogen-bond acceptors (Lipinski definition) is 7. The average molecular weight is 463 g/mol. The van der Waals surface area contributed by atoms with Gasteiger partial charge in [0.15, 0.2) is 6.61 Å². The van der Waals surface area contributed by atoms with Crippen molar-refractivity contribution in [2.45, 2.75) is 0 Å². The lowest BCUT2D eigenvalue weighted by Gasteiger charge is -2.29. The van der Waals surface area contributed by atoms with Gasteiger partial charge in [-0.1, -0.05) is 0 Å². The zero-order valence-electron chi connectivity index (χ0n) is 18.2. The summed E-state index contributed by atoms with van der Waals surface area (Å²) in [7, 11) is 1.58. The Balaban J connectivity index is 1.44. The lowest BCUT2D eigenvalue weighted by molar-refractivity contribution is -0.384. The normalized spacial score (nSPS) is 12.4. The maximum atomic E-state index is 12.6. The molecule has 1 aliphatic rings. The van der Waals surface area contributed by atoms with Crippen molar-refractivity contribution in [2.24, 2.45) is 0 Å². The van der Waals surface area contributed by atoms with E-state index in [4.69, 9.17) is 14.2 Å². The molecule has 0 saturated carbocycles. The molecule has 0 fully saturated rings. The highest BCUT2D eigenvalue weighted by Crippen LogP contribution is 2.34. The molecule has 3 aromatic rings. The SMILES string of the molecule is COc1ccc(OCCN2C(=O)COc3ccc(NC(=O)c4ccc([N+](=O)[O-])cc4)cc32)cc1. The van der Waals surface area contributed by atoms with E-state index in [1.54, 1.807) is 54.5 Å². The monoisotopic (exact) mass is 463 g/mol. The van der Waals surface area contributed by atoms with E-state index in [1.807, 2.05) is 0 Å². The van der Waals surface area contributed by atoms with Crippen molar-refractivity contribution in [3.8, 4) is 17.2 Å². The van der Waals surface area contributed by atoms with E-state index in [2.05, 4.69) is 5.32 Å². The number of nitrogens with one attached hydrogen (secondary N) is 1. The summed E-state index contributed by atoms with van der Waals surface area (Å²) in [6.07, 6.45) is 0. The molecule has 0 bridgehead atoms. The first-order valence-corrected chi connectivity index (χ1v) is 10.3. The Labute approximate surface area is 194 Å². The van der Waals surface area contributed by atoms with Crippen molar-refractivity contribution in [1.82, 2.24) is 0 Å². The van der Waals surface area contributed by atoms with Gasteiger partial charge in [-0.15, -0.1) is 0 Å². The number of benzene rings is 3. The minimum Gasteiger partial charge on any atom is -0.497 e. The topological polar surface area (TPSA) is 120 Å². The Morgan fingerprint density at radius 1 is 1.09 bits per heavy atom. The Morgan fingerprint density at radius 3 is 2.47 bits per heavy atom. The van der Waals surface area contributed by atoms with E-state index in [0.29, 0.717) is 28.6 Å². The first-order valence-electron chi connectivity index (χ1n) is 10.3. The summed E-state index contributed by atoms with van der Waals surface area (Å²) in [4.78, 5) is 36.9.